The van der Waals surface area contributed by atoms with Gasteiger partial charge in [0.05, 0.1) is 18.3 Å². The third kappa shape index (κ3) is 4.33. The van der Waals surface area contributed by atoms with Gasteiger partial charge < -0.3 is 10.6 Å². The van der Waals surface area contributed by atoms with Crippen LogP contribution in [0.5, 0.6) is 0 Å². The van der Waals surface area contributed by atoms with Gasteiger partial charge in [0, 0.05) is 13.1 Å². The maximum absolute atomic E-state index is 13.6. The van der Waals surface area contributed by atoms with Crippen LogP contribution in [0.25, 0.3) is 0 Å². The number of carbonyl (C=O) groups excluding carboxylic acids is 2. The zero-order valence-corrected chi connectivity index (χ0v) is 15.3. The average Bonchev–Trinajstić information content (AvgIpc) is 2.71. The summed E-state index contributed by atoms with van der Waals surface area (Å²) in [6, 6.07) is 9.20. The van der Waals surface area contributed by atoms with Crippen LogP contribution in [0.4, 0.5) is 18.9 Å². The van der Waals surface area contributed by atoms with E-state index in [0.717, 1.165) is 19.0 Å². The quantitative estimate of drug-likeness (QED) is 0.771. The molecule has 1 heterocycles. The molecule has 1 atom stereocenters. The van der Waals surface area contributed by atoms with E-state index in [-0.39, 0.29) is 5.91 Å². The van der Waals surface area contributed by atoms with Gasteiger partial charge in [0.2, 0.25) is 11.8 Å². The fraction of sp³-hybridized carbons (Fsp3) is 0.300. The van der Waals surface area contributed by atoms with E-state index in [1.807, 2.05) is 23.1 Å². The lowest BCUT2D eigenvalue weighted by Gasteiger charge is -2.32. The van der Waals surface area contributed by atoms with E-state index in [1.54, 1.807) is 6.92 Å². The van der Waals surface area contributed by atoms with Gasteiger partial charge >= 0.3 is 0 Å². The van der Waals surface area contributed by atoms with Crippen LogP contribution < -0.4 is 10.6 Å². The van der Waals surface area contributed by atoms with Gasteiger partial charge in [-0.05, 0) is 36.6 Å². The van der Waals surface area contributed by atoms with E-state index in [0.29, 0.717) is 12.6 Å². The first-order valence-corrected chi connectivity index (χ1v) is 8.88. The maximum Gasteiger partial charge on any atom is 0.243 e. The second-order valence-corrected chi connectivity index (χ2v) is 6.65. The number of nitrogens with zero attached hydrogens (tertiary/aromatic N) is 1. The molecule has 0 aliphatic carbocycles. The number of amides is 2. The van der Waals surface area contributed by atoms with E-state index in [2.05, 4.69) is 16.7 Å². The van der Waals surface area contributed by atoms with Crippen molar-refractivity contribution in [3.63, 3.8) is 0 Å². The number of fused-ring (bicyclic) bond motifs is 1. The molecule has 1 unspecified atom stereocenters. The summed E-state index contributed by atoms with van der Waals surface area (Å²) in [5, 5.41) is 4.60. The van der Waals surface area contributed by atoms with Gasteiger partial charge in [-0.15, -0.1) is 0 Å². The number of halogens is 3. The summed E-state index contributed by atoms with van der Waals surface area (Å²) in [4.78, 5) is 26.3. The summed E-state index contributed by atoms with van der Waals surface area (Å²) in [5.41, 5.74) is 1.94. The van der Waals surface area contributed by atoms with E-state index < -0.39 is 41.6 Å². The summed E-state index contributed by atoms with van der Waals surface area (Å²) in [6.07, 6.45) is 0.837. The Labute approximate surface area is 160 Å². The molecule has 148 valence electrons. The van der Waals surface area contributed by atoms with Gasteiger partial charge in [-0.25, -0.2) is 13.2 Å². The van der Waals surface area contributed by atoms with Gasteiger partial charge in [-0.3, -0.25) is 14.5 Å². The van der Waals surface area contributed by atoms with E-state index in [1.165, 1.54) is 11.1 Å². The second-order valence-electron chi connectivity index (χ2n) is 6.65. The van der Waals surface area contributed by atoms with Crippen molar-refractivity contribution in [3.05, 3.63) is 65.0 Å². The van der Waals surface area contributed by atoms with Crippen molar-refractivity contribution in [2.75, 3.05) is 18.4 Å². The highest BCUT2D eigenvalue weighted by atomic mass is 19.2. The minimum Gasteiger partial charge on any atom is -0.346 e. The molecule has 2 N–H and O–H groups in total. The highest BCUT2D eigenvalue weighted by Crippen LogP contribution is 2.21. The summed E-state index contributed by atoms with van der Waals surface area (Å²) >= 11 is 0. The molecule has 8 heteroatoms. The largest absolute Gasteiger partial charge is 0.346 e. The molecule has 1 aliphatic heterocycles. The minimum absolute atomic E-state index is 0.347. The molecule has 2 aromatic rings. The number of benzene rings is 2. The lowest BCUT2D eigenvalue weighted by Crippen LogP contribution is -2.48. The number of hydrogen-bond acceptors (Lipinski definition) is 3. The summed E-state index contributed by atoms with van der Waals surface area (Å²) in [7, 11) is 0. The number of carbonyl (C=O) groups is 2. The summed E-state index contributed by atoms with van der Waals surface area (Å²) < 4.78 is 39.7. The van der Waals surface area contributed by atoms with Crippen LogP contribution in [0.2, 0.25) is 0 Å². The van der Waals surface area contributed by atoms with Crippen LogP contribution in [-0.4, -0.2) is 35.8 Å². The zero-order valence-electron chi connectivity index (χ0n) is 15.3. The summed E-state index contributed by atoms with van der Waals surface area (Å²) in [5.74, 6) is -5.59. The Morgan fingerprint density at radius 1 is 1.07 bits per heavy atom. The lowest BCUT2D eigenvalue weighted by atomic mass is 9.99. The van der Waals surface area contributed by atoms with Crippen LogP contribution in [0, 0.1) is 17.5 Å². The lowest BCUT2D eigenvalue weighted by molar-refractivity contribution is -0.128. The van der Waals surface area contributed by atoms with Crippen molar-refractivity contribution in [1.29, 1.82) is 0 Å². The molecule has 0 aromatic heterocycles. The van der Waals surface area contributed by atoms with Crippen molar-refractivity contribution in [1.82, 2.24) is 10.2 Å². The van der Waals surface area contributed by atoms with E-state index >= 15 is 0 Å². The van der Waals surface area contributed by atoms with Gasteiger partial charge in [0.15, 0.2) is 17.5 Å². The SMILES string of the molecule is CC(C(=O)NCC(=O)Nc1ccc(F)c(F)c1F)N1CCc2ccccc2C1. The minimum atomic E-state index is -1.67. The molecule has 5 nitrogen and oxygen atoms in total. The van der Waals surface area contributed by atoms with Crippen molar-refractivity contribution >= 4 is 17.5 Å². The maximum atomic E-state index is 13.6. The Bertz CT molecular complexity index is 904. The highest BCUT2D eigenvalue weighted by Gasteiger charge is 2.25. The second kappa shape index (κ2) is 8.43. The first-order valence-electron chi connectivity index (χ1n) is 8.88. The fourth-order valence-corrected chi connectivity index (χ4v) is 3.15. The third-order valence-electron chi connectivity index (χ3n) is 4.82. The predicted octanol–water partition coefficient (Wildman–Crippen LogP) is 2.61. The van der Waals surface area contributed by atoms with Crippen LogP contribution in [-0.2, 0) is 22.6 Å². The first kappa shape index (κ1) is 19.9. The standard InChI is InChI=1S/C20H20F3N3O2/c1-12(26-9-8-13-4-2-3-5-14(13)11-26)20(28)24-10-17(27)25-16-7-6-15(21)18(22)19(16)23/h2-7,12H,8-11H2,1H3,(H,24,28)(H,25,27). The molecule has 0 fully saturated rings. The van der Waals surface area contributed by atoms with Gasteiger partial charge in [0.1, 0.15) is 0 Å². The molecule has 3 rings (SSSR count). The topological polar surface area (TPSA) is 61.4 Å². The molecular formula is C20H20F3N3O2. The molecule has 0 bridgehead atoms. The molecule has 28 heavy (non-hydrogen) atoms. The Morgan fingerprint density at radius 2 is 1.79 bits per heavy atom. The van der Waals surface area contributed by atoms with Crippen molar-refractivity contribution in [3.8, 4) is 0 Å². The normalized spacial score (nSPS) is 14.9. The van der Waals surface area contributed by atoms with E-state index in [9.17, 15) is 22.8 Å². The van der Waals surface area contributed by atoms with Crippen LogP contribution >= 0.6 is 0 Å². The molecule has 0 saturated heterocycles. The average molecular weight is 391 g/mol. The first-order chi connectivity index (χ1) is 13.4. The van der Waals surface area contributed by atoms with E-state index in [4.69, 9.17) is 0 Å². The number of nitrogens with one attached hydrogen (secondary N) is 2. The number of hydrogen-bond donors (Lipinski definition) is 2. The third-order valence-corrected chi connectivity index (χ3v) is 4.82. The molecular weight excluding hydrogens is 371 g/mol. The Kier molecular flexibility index (Phi) is 5.99. The molecule has 0 saturated carbocycles. The molecule has 1 aliphatic rings. The van der Waals surface area contributed by atoms with Crippen LogP contribution in [0.1, 0.15) is 18.1 Å². The molecule has 2 aromatic carbocycles. The predicted molar refractivity (Wildman–Crippen MR) is 98.0 cm³/mol. The highest BCUT2D eigenvalue weighted by molar-refractivity contribution is 5.95. The molecule has 2 amide bonds. The summed E-state index contributed by atoms with van der Waals surface area (Å²) in [6.45, 7) is 2.69. The Balaban J connectivity index is 1.52. The van der Waals surface area contributed by atoms with Crippen LogP contribution in [0.15, 0.2) is 36.4 Å². The van der Waals surface area contributed by atoms with Gasteiger partial charge in [-0.1, -0.05) is 24.3 Å². The Morgan fingerprint density at radius 3 is 2.54 bits per heavy atom. The van der Waals surface area contributed by atoms with Crippen molar-refractivity contribution in [2.45, 2.75) is 25.9 Å². The van der Waals surface area contributed by atoms with Crippen molar-refractivity contribution in [2.24, 2.45) is 0 Å². The molecule has 0 spiro atoms. The number of rotatable bonds is 5. The smallest absolute Gasteiger partial charge is 0.243 e. The van der Waals surface area contributed by atoms with Gasteiger partial charge in [-0.2, -0.15) is 0 Å². The van der Waals surface area contributed by atoms with Crippen LogP contribution in [0.3, 0.4) is 0 Å². The zero-order chi connectivity index (χ0) is 20.3. The van der Waals surface area contributed by atoms with Gasteiger partial charge in [0.25, 0.3) is 0 Å². The Hall–Kier alpha value is -2.87. The molecule has 0 radical (unpaired) electrons. The monoisotopic (exact) mass is 391 g/mol. The fourth-order valence-electron chi connectivity index (χ4n) is 3.15. The van der Waals surface area contributed by atoms with Crippen molar-refractivity contribution < 1.29 is 22.8 Å². The number of anilines is 1.